The fourth-order valence-corrected chi connectivity index (χ4v) is 4.36. The first-order valence-corrected chi connectivity index (χ1v) is 9.15. The number of rotatable bonds is 2. The predicted molar refractivity (Wildman–Crippen MR) is 102 cm³/mol. The van der Waals surface area contributed by atoms with Crippen LogP contribution in [0.4, 0.5) is 11.5 Å². The number of hydrogen-bond donors (Lipinski definition) is 1. The van der Waals surface area contributed by atoms with E-state index in [2.05, 4.69) is 20.0 Å². The molecular weight excluding hydrogens is 342 g/mol. The lowest BCUT2D eigenvalue weighted by Crippen LogP contribution is -2.41. The largest absolute Gasteiger partial charge is 0.382 e. The molecule has 3 aromatic rings. The minimum Gasteiger partial charge on any atom is -0.382 e. The molecule has 2 saturated heterocycles. The Balaban J connectivity index is 1.51. The summed E-state index contributed by atoms with van der Waals surface area (Å²) in [5.41, 5.74) is 9.46. The number of carbonyl (C=O) groups is 1. The molecule has 5 rings (SSSR count). The highest BCUT2D eigenvalue weighted by Gasteiger charge is 2.42. The Bertz CT molecular complexity index is 1030. The summed E-state index contributed by atoms with van der Waals surface area (Å²) in [5, 5.41) is 4.25. The summed E-state index contributed by atoms with van der Waals surface area (Å²) in [6.07, 6.45) is 8.40. The van der Waals surface area contributed by atoms with E-state index in [-0.39, 0.29) is 11.8 Å². The van der Waals surface area contributed by atoms with E-state index in [0.29, 0.717) is 17.4 Å². The number of aromatic nitrogens is 4. The minimum atomic E-state index is 0.0799. The van der Waals surface area contributed by atoms with E-state index in [1.54, 1.807) is 16.8 Å². The summed E-state index contributed by atoms with van der Waals surface area (Å²) < 4.78 is 1.68. The Morgan fingerprint density at radius 3 is 3.04 bits per heavy atom. The Morgan fingerprint density at radius 2 is 2.15 bits per heavy atom. The zero-order chi connectivity index (χ0) is 18.5. The molecule has 8 heteroatoms. The highest BCUT2D eigenvalue weighted by Crippen LogP contribution is 2.37. The molecule has 2 fully saturated rings. The van der Waals surface area contributed by atoms with Gasteiger partial charge in [-0.3, -0.25) is 9.78 Å². The standard InChI is InChI=1S/C19H21N7O/c1-24-9-12-3-5-25(11-15(12)19(24)27)16-2-4-21-8-14(16)13-7-22-18-6-17(20)23-26(18)10-13/h2,4,6-8,10,12,15H,3,5,9,11H2,1H3,(H2,20,23)/t12-,15-/m0/s1. The number of piperidine rings is 1. The number of anilines is 2. The van der Waals surface area contributed by atoms with E-state index in [1.165, 1.54) is 0 Å². The third-order valence-corrected chi connectivity index (χ3v) is 5.74. The van der Waals surface area contributed by atoms with E-state index in [4.69, 9.17) is 5.73 Å². The van der Waals surface area contributed by atoms with Crippen molar-refractivity contribution in [2.24, 2.45) is 11.8 Å². The van der Waals surface area contributed by atoms with Gasteiger partial charge < -0.3 is 15.5 Å². The second-order valence-electron chi connectivity index (χ2n) is 7.43. The highest BCUT2D eigenvalue weighted by atomic mass is 16.2. The quantitative estimate of drug-likeness (QED) is 0.737. The Hall–Kier alpha value is -3.16. The molecule has 27 heavy (non-hydrogen) atoms. The van der Waals surface area contributed by atoms with Crippen molar-refractivity contribution in [2.75, 3.05) is 37.3 Å². The second kappa shape index (κ2) is 5.94. The second-order valence-corrected chi connectivity index (χ2v) is 7.43. The summed E-state index contributed by atoms with van der Waals surface area (Å²) in [4.78, 5) is 25.4. The van der Waals surface area contributed by atoms with Gasteiger partial charge in [0, 0.05) is 74.3 Å². The summed E-state index contributed by atoms with van der Waals surface area (Å²) >= 11 is 0. The lowest BCUT2D eigenvalue weighted by atomic mass is 9.87. The van der Waals surface area contributed by atoms with Gasteiger partial charge >= 0.3 is 0 Å². The molecule has 0 aliphatic carbocycles. The maximum Gasteiger partial charge on any atom is 0.227 e. The topological polar surface area (TPSA) is 92.7 Å². The zero-order valence-electron chi connectivity index (χ0n) is 15.1. The van der Waals surface area contributed by atoms with Crippen LogP contribution in [0.3, 0.4) is 0 Å². The van der Waals surface area contributed by atoms with Crippen molar-refractivity contribution in [1.82, 2.24) is 24.5 Å². The number of carbonyl (C=O) groups excluding carboxylic acids is 1. The molecule has 0 saturated carbocycles. The maximum absolute atomic E-state index is 12.5. The van der Waals surface area contributed by atoms with Crippen LogP contribution in [-0.2, 0) is 4.79 Å². The van der Waals surface area contributed by atoms with Gasteiger partial charge in [0.15, 0.2) is 5.65 Å². The fourth-order valence-electron chi connectivity index (χ4n) is 4.36. The lowest BCUT2D eigenvalue weighted by Gasteiger charge is -2.35. The predicted octanol–water partition coefficient (Wildman–Crippen LogP) is 1.29. The number of nitrogens with two attached hydrogens (primary N) is 1. The third kappa shape index (κ3) is 2.59. The number of pyridine rings is 1. The lowest BCUT2D eigenvalue weighted by molar-refractivity contribution is -0.130. The van der Waals surface area contributed by atoms with Gasteiger partial charge in [-0.1, -0.05) is 0 Å². The summed E-state index contributed by atoms with van der Waals surface area (Å²) in [6.45, 7) is 2.56. The first kappa shape index (κ1) is 16.0. The number of likely N-dealkylation sites (tertiary alicyclic amines) is 1. The zero-order valence-corrected chi connectivity index (χ0v) is 15.1. The molecule has 2 atom stereocenters. The van der Waals surface area contributed by atoms with E-state index in [1.807, 2.05) is 36.6 Å². The summed E-state index contributed by atoms with van der Waals surface area (Å²) in [6, 6.07) is 3.75. The van der Waals surface area contributed by atoms with E-state index in [9.17, 15) is 4.79 Å². The average molecular weight is 363 g/mol. The fraction of sp³-hybridized carbons (Fsp3) is 0.368. The van der Waals surface area contributed by atoms with Crippen LogP contribution in [0.15, 0.2) is 36.9 Å². The maximum atomic E-state index is 12.5. The Labute approximate surface area is 156 Å². The highest BCUT2D eigenvalue weighted by molar-refractivity contribution is 5.83. The normalized spacial score (nSPS) is 22.5. The molecule has 2 N–H and O–H groups in total. The molecule has 138 valence electrons. The molecule has 0 aromatic carbocycles. The molecule has 0 radical (unpaired) electrons. The van der Waals surface area contributed by atoms with Crippen LogP contribution >= 0.6 is 0 Å². The smallest absolute Gasteiger partial charge is 0.227 e. The number of fused-ring (bicyclic) bond motifs is 2. The van der Waals surface area contributed by atoms with Crippen LogP contribution in [0.25, 0.3) is 16.8 Å². The monoisotopic (exact) mass is 363 g/mol. The average Bonchev–Trinajstić information content (AvgIpc) is 3.19. The van der Waals surface area contributed by atoms with Crippen molar-refractivity contribution in [2.45, 2.75) is 6.42 Å². The summed E-state index contributed by atoms with van der Waals surface area (Å²) in [5.74, 6) is 1.25. The molecule has 2 aliphatic heterocycles. The van der Waals surface area contributed by atoms with Gasteiger partial charge in [-0.05, 0) is 18.4 Å². The van der Waals surface area contributed by atoms with E-state index < -0.39 is 0 Å². The molecule has 5 heterocycles. The van der Waals surface area contributed by atoms with Crippen LogP contribution in [0.2, 0.25) is 0 Å². The van der Waals surface area contributed by atoms with Crippen molar-refractivity contribution in [3.8, 4) is 11.1 Å². The first-order valence-electron chi connectivity index (χ1n) is 9.15. The number of hydrogen-bond acceptors (Lipinski definition) is 6. The molecule has 0 spiro atoms. The van der Waals surface area contributed by atoms with Crippen molar-refractivity contribution < 1.29 is 4.79 Å². The van der Waals surface area contributed by atoms with Gasteiger partial charge in [-0.25, -0.2) is 9.50 Å². The van der Waals surface area contributed by atoms with Gasteiger partial charge in [0.2, 0.25) is 5.91 Å². The molecule has 3 aromatic heterocycles. The van der Waals surface area contributed by atoms with Crippen LogP contribution in [0.1, 0.15) is 6.42 Å². The van der Waals surface area contributed by atoms with Gasteiger partial charge in [0.05, 0.1) is 5.92 Å². The van der Waals surface area contributed by atoms with Crippen LogP contribution in [0, 0.1) is 11.8 Å². The molecule has 0 bridgehead atoms. The van der Waals surface area contributed by atoms with Gasteiger partial charge in [-0.15, -0.1) is 5.10 Å². The first-order chi connectivity index (χ1) is 13.1. The number of nitrogens with zero attached hydrogens (tertiary/aromatic N) is 6. The van der Waals surface area contributed by atoms with Crippen molar-refractivity contribution in [3.63, 3.8) is 0 Å². The number of nitrogen functional groups attached to an aromatic ring is 1. The minimum absolute atomic E-state index is 0.0799. The van der Waals surface area contributed by atoms with Crippen molar-refractivity contribution >= 4 is 23.1 Å². The SMILES string of the molecule is CN1C[C@@H]2CCN(c3ccncc3-c3cnc4cc(N)nn4c3)C[C@@H]2C1=O. The molecule has 1 amide bonds. The Kier molecular flexibility index (Phi) is 3.53. The van der Waals surface area contributed by atoms with Crippen LogP contribution in [-0.4, -0.2) is 57.1 Å². The van der Waals surface area contributed by atoms with Crippen LogP contribution in [0.5, 0.6) is 0 Å². The molecule has 8 nitrogen and oxygen atoms in total. The van der Waals surface area contributed by atoms with Gasteiger partial charge in [0.1, 0.15) is 5.82 Å². The van der Waals surface area contributed by atoms with Gasteiger partial charge in [0.25, 0.3) is 0 Å². The van der Waals surface area contributed by atoms with Crippen LogP contribution < -0.4 is 10.6 Å². The Morgan fingerprint density at radius 1 is 1.26 bits per heavy atom. The molecular formula is C19H21N7O. The summed E-state index contributed by atoms with van der Waals surface area (Å²) in [7, 11) is 1.90. The number of amides is 1. The van der Waals surface area contributed by atoms with E-state index >= 15 is 0 Å². The van der Waals surface area contributed by atoms with E-state index in [0.717, 1.165) is 42.9 Å². The molecule has 0 unspecified atom stereocenters. The molecule has 2 aliphatic rings. The van der Waals surface area contributed by atoms with Crippen molar-refractivity contribution in [3.05, 3.63) is 36.9 Å². The van der Waals surface area contributed by atoms with Gasteiger partial charge in [-0.2, -0.15) is 0 Å². The van der Waals surface area contributed by atoms with Crippen molar-refractivity contribution in [1.29, 1.82) is 0 Å². The third-order valence-electron chi connectivity index (χ3n) is 5.74.